The molecular formula is C14H18O3S. The van der Waals surface area contributed by atoms with Gasteiger partial charge >= 0.3 is 5.97 Å². The van der Waals surface area contributed by atoms with Crippen LogP contribution in [0, 0.1) is 0 Å². The van der Waals surface area contributed by atoms with Gasteiger partial charge in [0.1, 0.15) is 5.60 Å². The van der Waals surface area contributed by atoms with Gasteiger partial charge in [-0.3, -0.25) is 0 Å². The van der Waals surface area contributed by atoms with Gasteiger partial charge in [0, 0.05) is 12.9 Å². The van der Waals surface area contributed by atoms with E-state index in [2.05, 4.69) is 0 Å². The number of benzene rings is 1. The first-order valence-corrected chi connectivity index (χ1v) is 7.17. The Morgan fingerprint density at radius 3 is 2.67 bits per heavy atom. The van der Waals surface area contributed by atoms with Gasteiger partial charge in [0.05, 0.1) is 12.2 Å². The molecule has 3 nitrogen and oxygen atoms in total. The maximum atomic E-state index is 12.0. The number of hydrogen-bond acceptors (Lipinski definition) is 4. The number of thioether (sulfide) groups is 1. The van der Waals surface area contributed by atoms with E-state index in [1.54, 1.807) is 19.2 Å². The zero-order valence-electron chi connectivity index (χ0n) is 10.8. The van der Waals surface area contributed by atoms with Crippen molar-refractivity contribution < 1.29 is 14.3 Å². The summed E-state index contributed by atoms with van der Waals surface area (Å²) in [4.78, 5) is 12.0. The van der Waals surface area contributed by atoms with Crippen molar-refractivity contribution in [2.45, 2.75) is 25.6 Å². The Kier molecular flexibility index (Phi) is 4.30. The number of esters is 1. The molecule has 1 aromatic carbocycles. The number of rotatable bonds is 4. The summed E-state index contributed by atoms with van der Waals surface area (Å²) in [5.74, 6) is 1.72. The molecule has 0 spiro atoms. The largest absolute Gasteiger partial charge is 0.455 e. The quantitative estimate of drug-likeness (QED) is 0.785. The minimum atomic E-state index is -0.299. The minimum absolute atomic E-state index is 0.232. The molecule has 0 radical (unpaired) electrons. The fourth-order valence-corrected chi connectivity index (χ4v) is 3.27. The average molecular weight is 266 g/mol. The molecule has 1 aliphatic heterocycles. The average Bonchev–Trinajstić information content (AvgIpc) is 2.77. The predicted molar refractivity (Wildman–Crippen MR) is 72.9 cm³/mol. The van der Waals surface area contributed by atoms with E-state index in [9.17, 15) is 4.79 Å². The highest BCUT2D eigenvalue weighted by Crippen LogP contribution is 2.31. The Labute approximate surface area is 112 Å². The molecule has 2 rings (SSSR count). The third kappa shape index (κ3) is 3.27. The van der Waals surface area contributed by atoms with E-state index in [0.717, 1.165) is 23.5 Å². The van der Waals surface area contributed by atoms with Crippen LogP contribution in [0.3, 0.4) is 0 Å². The third-order valence-electron chi connectivity index (χ3n) is 3.02. The highest BCUT2D eigenvalue weighted by Gasteiger charge is 2.33. The predicted octanol–water partition coefficient (Wildman–Crippen LogP) is 2.89. The van der Waals surface area contributed by atoms with Gasteiger partial charge < -0.3 is 9.47 Å². The molecule has 1 atom stereocenters. The second-order valence-electron chi connectivity index (χ2n) is 4.77. The maximum Gasteiger partial charge on any atom is 0.338 e. The van der Waals surface area contributed by atoms with Crippen LogP contribution in [0.15, 0.2) is 24.3 Å². The fourth-order valence-electron chi connectivity index (χ4n) is 1.92. The molecule has 4 heteroatoms. The molecule has 0 bridgehead atoms. The van der Waals surface area contributed by atoms with Gasteiger partial charge in [0.2, 0.25) is 0 Å². The summed E-state index contributed by atoms with van der Waals surface area (Å²) in [5.41, 5.74) is 1.36. The standard InChI is InChI=1S/C14H18O3S/c1-14(7-8-18-10-14)17-13(15)12-5-3-11(4-6-12)9-16-2/h3-6H,7-10H2,1-2H3/t14-/m1/s1. The van der Waals surface area contributed by atoms with Crippen LogP contribution in [0.4, 0.5) is 0 Å². The van der Waals surface area contributed by atoms with Gasteiger partial charge in [-0.15, -0.1) is 0 Å². The summed E-state index contributed by atoms with van der Waals surface area (Å²) < 4.78 is 10.6. The van der Waals surface area contributed by atoms with E-state index in [1.807, 2.05) is 30.8 Å². The molecule has 1 aliphatic rings. The van der Waals surface area contributed by atoms with Crippen molar-refractivity contribution in [3.8, 4) is 0 Å². The second-order valence-corrected chi connectivity index (χ2v) is 5.88. The molecular weight excluding hydrogens is 248 g/mol. The summed E-state index contributed by atoms with van der Waals surface area (Å²) in [6, 6.07) is 7.38. The fraction of sp³-hybridized carbons (Fsp3) is 0.500. The normalized spacial score (nSPS) is 23.0. The van der Waals surface area contributed by atoms with Crippen molar-refractivity contribution in [1.29, 1.82) is 0 Å². The lowest BCUT2D eigenvalue weighted by molar-refractivity contribution is 0.00246. The van der Waals surface area contributed by atoms with Crippen molar-refractivity contribution in [3.63, 3.8) is 0 Å². The first-order chi connectivity index (χ1) is 8.63. The Morgan fingerprint density at radius 1 is 1.39 bits per heavy atom. The van der Waals surface area contributed by atoms with Crippen LogP contribution < -0.4 is 0 Å². The van der Waals surface area contributed by atoms with Gasteiger partial charge in [-0.2, -0.15) is 11.8 Å². The van der Waals surface area contributed by atoms with Crippen LogP contribution >= 0.6 is 11.8 Å². The lowest BCUT2D eigenvalue weighted by atomic mass is 10.1. The van der Waals surface area contributed by atoms with Crippen LogP contribution in [-0.2, 0) is 16.1 Å². The molecule has 1 fully saturated rings. The maximum absolute atomic E-state index is 12.0. The second kappa shape index (κ2) is 5.76. The van der Waals surface area contributed by atoms with E-state index in [0.29, 0.717) is 12.2 Å². The number of methoxy groups -OCH3 is 1. The van der Waals surface area contributed by atoms with Crippen molar-refractivity contribution in [2.75, 3.05) is 18.6 Å². The zero-order chi connectivity index (χ0) is 13.0. The van der Waals surface area contributed by atoms with E-state index in [4.69, 9.17) is 9.47 Å². The Hall–Kier alpha value is -1.00. The SMILES string of the molecule is COCc1ccc(C(=O)O[C@]2(C)CCSC2)cc1. The topological polar surface area (TPSA) is 35.5 Å². The first kappa shape index (κ1) is 13.4. The minimum Gasteiger partial charge on any atom is -0.455 e. The highest BCUT2D eigenvalue weighted by molar-refractivity contribution is 7.99. The van der Waals surface area contributed by atoms with Crippen LogP contribution in [0.25, 0.3) is 0 Å². The Bertz CT molecular complexity index is 408. The molecule has 0 aromatic heterocycles. The van der Waals surface area contributed by atoms with E-state index in [-0.39, 0.29) is 11.6 Å². The molecule has 1 heterocycles. The van der Waals surface area contributed by atoms with Crippen LogP contribution in [-0.4, -0.2) is 30.2 Å². The molecule has 1 aromatic rings. The zero-order valence-corrected chi connectivity index (χ0v) is 11.6. The van der Waals surface area contributed by atoms with Crippen molar-refractivity contribution in [2.24, 2.45) is 0 Å². The molecule has 0 saturated carbocycles. The van der Waals surface area contributed by atoms with Gasteiger partial charge in [0.25, 0.3) is 0 Å². The molecule has 0 N–H and O–H groups in total. The van der Waals surface area contributed by atoms with Crippen molar-refractivity contribution >= 4 is 17.7 Å². The van der Waals surface area contributed by atoms with Crippen LogP contribution in [0.5, 0.6) is 0 Å². The van der Waals surface area contributed by atoms with Gasteiger partial charge in [0.15, 0.2) is 0 Å². The molecule has 18 heavy (non-hydrogen) atoms. The van der Waals surface area contributed by atoms with Gasteiger partial charge in [-0.25, -0.2) is 4.79 Å². The van der Waals surface area contributed by atoms with Crippen molar-refractivity contribution in [3.05, 3.63) is 35.4 Å². The highest BCUT2D eigenvalue weighted by atomic mass is 32.2. The number of ether oxygens (including phenoxy) is 2. The molecule has 1 saturated heterocycles. The number of hydrogen-bond donors (Lipinski definition) is 0. The lowest BCUT2D eigenvalue weighted by Crippen LogP contribution is -2.31. The molecule has 0 unspecified atom stereocenters. The van der Waals surface area contributed by atoms with Crippen LogP contribution in [0.2, 0.25) is 0 Å². The summed E-state index contributed by atoms with van der Waals surface area (Å²) >= 11 is 1.83. The number of carbonyl (C=O) groups excluding carboxylic acids is 1. The molecule has 98 valence electrons. The molecule has 0 amide bonds. The summed E-state index contributed by atoms with van der Waals surface area (Å²) in [5, 5.41) is 0. The smallest absolute Gasteiger partial charge is 0.338 e. The Morgan fingerprint density at radius 2 is 2.11 bits per heavy atom. The summed E-state index contributed by atoms with van der Waals surface area (Å²) in [6.45, 7) is 2.56. The van der Waals surface area contributed by atoms with Gasteiger partial charge in [-0.1, -0.05) is 12.1 Å². The summed E-state index contributed by atoms with van der Waals surface area (Å²) in [6.07, 6.45) is 0.936. The van der Waals surface area contributed by atoms with Crippen molar-refractivity contribution in [1.82, 2.24) is 0 Å². The first-order valence-electron chi connectivity index (χ1n) is 6.02. The Balaban J connectivity index is 2.00. The summed E-state index contributed by atoms with van der Waals surface area (Å²) in [7, 11) is 1.65. The monoisotopic (exact) mass is 266 g/mol. The lowest BCUT2D eigenvalue weighted by Gasteiger charge is -2.23. The van der Waals surface area contributed by atoms with Gasteiger partial charge in [-0.05, 0) is 36.8 Å². The van der Waals surface area contributed by atoms with E-state index >= 15 is 0 Å². The van der Waals surface area contributed by atoms with E-state index in [1.165, 1.54) is 0 Å². The van der Waals surface area contributed by atoms with E-state index < -0.39 is 0 Å². The van der Waals surface area contributed by atoms with Crippen LogP contribution in [0.1, 0.15) is 29.3 Å². The third-order valence-corrected chi connectivity index (χ3v) is 4.33. The number of carbonyl (C=O) groups is 1. The molecule has 0 aliphatic carbocycles.